The third-order valence-corrected chi connectivity index (χ3v) is 4.05. The molecule has 0 saturated heterocycles. The zero-order valence-corrected chi connectivity index (χ0v) is 14.2. The molecular formula is C17H23N5O2. The summed E-state index contributed by atoms with van der Waals surface area (Å²) in [5.41, 5.74) is 9.61. The standard InChI is InChI=1S/C17H23N5O2/c1-11-4-5-12(9-19-11)8-13-10-20-15-14(13)21-16(22-17(15,2)18)24-7-6-23-3/h4-5,9-10,15,20H,6-8,18H2,1-3H3. The van der Waals surface area contributed by atoms with E-state index in [4.69, 9.17) is 15.2 Å². The van der Waals surface area contributed by atoms with E-state index < -0.39 is 5.66 Å². The molecule has 0 amide bonds. The topological polar surface area (TPSA) is 94.1 Å². The number of aromatic nitrogens is 1. The van der Waals surface area contributed by atoms with E-state index >= 15 is 0 Å². The van der Waals surface area contributed by atoms with Crippen molar-refractivity contribution in [3.63, 3.8) is 0 Å². The van der Waals surface area contributed by atoms with Crippen LogP contribution >= 0.6 is 0 Å². The number of aliphatic imine (C=N–C) groups is 2. The van der Waals surface area contributed by atoms with Gasteiger partial charge in [-0.25, -0.2) is 4.99 Å². The van der Waals surface area contributed by atoms with Crippen LogP contribution in [0.5, 0.6) is 0 Å². The van der Waals surface area contributed by atoms with Crippen LogP contribution in [0.25, 0.3) is 0 Å². The number of ether oxygens (including phenoxy) is 2. The van der Waals surface area contributed by atoms with Crippen molar-refractivity contribution in [1.29, 1.82) is 0 Å². The minimum atomic E-state index is -0.816. The minimum absolute atomic E-state index is 0.152. The van der Waals surface area contributed by atoms with Gasteiger partial charge in [0.05, 0.1) is 12.3 Å². The Kier molecular flexibility index (Phi) is 4.64. The summed E-state index contributed by atoms with van der Waals surface area (Å²) in [4.78, 5) is 13.3. The Labute approximate surface area is 141 Å². The number of aryl methyl sites for hydroxylation is 1. The van der Waals surface area contributed by atoms with Gasteiger partial charge >= 0.3 is 6.02 Å². The van der Waals surface area contributed by atoms with E-state index in [0.29, 0.717) is 19.2 Å². The quantitative estimate of drug-likeness (QED) is 0.784. The molecule has 0 radical (unpaired) electrons. The summed E-state index contributed by atoms with van der Waals surface area (Å²) < 4.78 is 10.6. The number of hydrogen-bond acceptors (Lipinski definition) is 7. The predicted molar refractivity (Wildman–Crippen MR) is 93.0 cm³/mol. The van der Waals surface area contributed by atoms with Gasteiger partial charge < -0.3 is 20.5 Å². The van der Waals surface area contributed by atoms with Crippen molar-refractivity contribution >= 4 is 11.7 Å². The number of amidine groups is 1. The highest BCUT2D eigenvalue weighted by Crippen LogP contribution is 2.26. The average molecular weight is 329 g/mol. The molecule has 7 heteroatoms. The molecule has 3 N–H and O–H groups in total. The van der Waals surface area contributed by atoms with Crippen LogP contribution in [0, 0.1) is 6.92 Å². The number of pyridine rings is 1. The van der Waals surface area contributed by atoms with Crippen LogP contribution in [0.3, 0.4) is 0 Å². The first kappa shape index (κ1) is 16.6. The van der Waals surface area contributed by atoms with Gasteiger partial charge in [0, 0.05) is 31.6 Å². The normalized spacial score (nSPS) is 25.3. The number of fused-ring (bicyclic) bond motifs is 1. The highest BCUT2D eigenvalue weighted by atomic mass is 16.5. The molecule has 1 aromatic heterocycles. The molecule has 24 heavy (non-hydrogen) atoms. The third kappa shape index (κ3) is 3.47. The molecule has 128 valence electrons. The number of nitrogens with one attached hydrogen (secondary N) is 1. The van der Waals surface area contributed by atoms with E-state index in [2.05, 4.69) is 26.4 Å². The summed E-state index contributed by atoms with van der Waals surface area (Å²) in [7, 11) is 1.62. The number of methoxy groups -OCH3 is 1. The van der Waals surface area contributed by atoms with Gasteiger partial charge in [-0.3, -0.25) is 4.98 Å². The van der Waals surface area contributed by atoms with Gasteiger partial charge in [-0.2, -0.15) is 4.99 Å². The van der Waals surface area contributed by atoms with Crippen LogP contribution in [-0.2, 0) is 15.9 Å². The SMILES string of the molecule is COCCOC1=NC(C)(N)C2NC=C(Cc3ccc(C)nc3)C2=N1. The van der Waals surface area contributed by atoms with E-state index in [0.717, 1.165) is 29.0 Å². The van der Waals surface area contributed by atoms with Gasteiger partial charge in [0.15, 0.2) is 0 Å². The van der Waals surface area contributed by atoms with E-state index in [-0.39, 0.29) is 6.04 Å². The summed E-state index contributed by atoms with van der Waals surface area (Å²) >= 11 is 0. The molecule has 0 saturated carbocycles. The van der Waals surface area contributed by atoms with E-state index in [9.17, 15) is 0 Å². The summed E-state index contributed by atoms with van der Waals surface area (Å²) in [5.74, 6) is 0. The lowest BCUT2D eigenvalue weighted by atomic mass is 9.93. The number of nitrogens with two attached hydrogens (primary N) is 1. The predicted octanol–water partition coefficient (Wildman–Crippen LogP) is 0.937. The Morgan fingerprint density at radius 2 is 2.17 bits per heavy atom. The molecule has 0 aromatic carbocycles. The van der Waals surface area contributed by atoms with Gasteiger partial charge in [-0.1, -0.05) is 6.07 Å². The first-order chi connectivity index (χ1) is 11.5. The van der Waals surface area contributed by atoms with Gasteiger partial charge in [-0.05, 0) is 31.1 Å². The summed E-state index contributed by atoms with van der Waals surface area (Å²) in [5, 5.41) is 3.29. The lowest BCUT2D eigenvalue weighted by molar-refractivity contribution is 0.138. The Bertz CT molecular complexity index is 691. The highest BCUT2D eigenvalue weighted by molar-refractivity contribution is 6.13. The number of rotatable bonds is 5. The van der Waals surface area contributed by atoms with E-state index in [1.54, 1.807) is 7.11 Å². The number of hydrogen-bond donors (Lipinski definition) is 2. The smallest absolute Gasteiger partial charge is 0.314 e. The third-order valence-electron chi connectivity index (χ3n) is 4.05. The zero-order valence-electron chi connectivity index (χ0n) is 14.2. The van der Waals surface area contributed by atoms with Gasteiger partial charge in [0.25, 0.3) is 0 Å². The second-order valence-electron chi connectivity index (χ2n) is 6.21. The van der Waals surface area contributed by atoms with Crippen LogP contribution in [0.15, 0.2) is 40.1 Å². The maximum atomic E-state index is 6.35. The Hall–Kier alpha value is -2.25. The van der Waals surface area contributed by atoms with Crippen molar-refractivity contribution in [2.24, 2.45) is 15.7 Å². The fraction of sp³-hybridized carbons (Fsp3) is 0.471. The van der Waals surface area contributed by atoms with Crippen molar-refractivity contribution < 1.29 is 9.47 Å². The van der Waals surface area contributed by atoms with Gasteiger partial charge in [0.1, 0.15) is 18.3 Å². The van der Waals surface area contributed by atoms with Crippen LogP contribution in [0.4, 0.5) is 0 Å². The van der Waals surface area contributed by atoms with Gasteiger partial charge in [0.2, 0.25) is 0 Å². The maximum Gasteiger partial charge on any atom is 0.314 e. The van der Waals surface area contributed by atoms with E-state index in [1.165, 1.54) is 0 Å². The molecule has 2 atom stereocenters. The fourth-order valence-electron chi connectivity index (χ4n) is 2.75. The molecule has 0 spiro atoms. The highest BCUT2D eigenvalue weighted by Gasteiger charge is 2.41. The molecule has 2 unspecified atom stereocenters. The molecule has 0 fully saturated rings. The lowest BCUT2D eigenvalue weighted by Crippen LogP contribution is -2.57. The second kappa shape index (κ2) is 6.70. The molecular weight excluding hydrogens is 306 g/mol. The average Bonchev–Trinajstić information content (AvgIpc) is 2.93. The first-order valence-corrected chi connectivity index (χ1v) is 7.95. The van der Waals surface area contributed by atoms with Crippen LogP contribution in [-0.4, -0.2) is 48.7 Å². The Morgan fingerprint density at radius 3 is 2.88 bits per heavy atom. The monoisotopic (exact) mass is 329 g/mol. The van der Waals surface area contributed by atoms with E-state index in [1.807, 2.05) is 32.3 Å². The fourth-order valence-corrected chi connectivity index (χ4v) is 2.75. The van der Waals surface area contributed by atoms with Crippen molar-refractivity contribution in [2.45, 2.75) is 32.0 Å². The van der Waals surface area contributed by atoms with Crippen LogP contribution in [0.1, 0.15) is 18.2 Å². The molecule has 0 bridgehead atoms. The molecule has 2 aliphatic rings. The Morgan fingerprint density at radius 1 is 1.33 bits per heavy atom. The molecule has 1 aromatic rings. The summed E-state index contributed by atoms with van der Waals surface area (Å²) in [6.45, 7) is 4.70. The van der Waals surface area contributed by atoms with Crippen molar-refractivity contribution in [3.05, 3.63) is 41.4 Å². The van der Waals surface area contributed by atoms with Gasteiger partial charge in [-0.15, -0.1) is 0 Å². The largest absolute Gasteiger partial charge is 0.461 e. The minimum Gasteiger partial charge on any atom is -0.461 e. The zero-order chi connectivity index (χ0) is 17.2. The van der Waals surface area contributed by atoms with Crippen molar-refractivity contribution in [3.8, 4) is 0 Å². The van der Waals surface area contributed by atoms with Crippen LogP contribution < -0.4 is 11.1 Å². The first-order valence-electron chi connectivity index (χ1n) is 7.95. The Balaban J connectivity index is 1.78. The lowest BCUT2D eigenvalue weighted by Gasteiger charge is -2.32. The van der Waals surface area contributed by atoms with Crippen molar-refractivity contribution in [2.75, 3.05) is 20.3 Å². The second-order valence-corrected chi connectivity index (χ2v) is 6.21. The summed E-state index contributed by atoms with van der Waals surface area (Å²) in [6.07, 6.45) is 4.58. The molecule has 3 heterocycles. The van der Waals surface area contributed by atoms with Crippen LogP contribution in [0.2, 0.25) is 0 Å². The molecule has 3 rings (SSSR count). The molecule has 2 aliphatic heterocycles. The molecule has 0 aliphatic carbocycles. The molecule has 7 nitrogen and oxygen atoms in total. The van der Waals surface area contributed by atoms with Crippen molar-refractivity contribution in [1.82, 2.24) is 10.3 Å². The number of nitrogens with zero attached hydrogens (tertiary/aromatic N) is 3. The maximum absolute atomic E-state index is 6.35. The summed E-state index contributed by atoms with van der Waals surface area (Å²) in [6, 6.07) is 4.23.